The van der Waals surface area contributed by atoms with Crippen molar-refractivity contribution in [2.75, 3.05) is 12.4 Å². The van der Waals surface area contributed by atoms with Gasteiger partial charge in [-0.25, -0.2) is 14.4 Å². The molecule has 0 unspecified atom stereocenters. The molecular formula is C16H16ClFN4O2. The average molecular weight is 351 g/mol. The molecule has 6 nitrogen and oxygen atoms in total. The highest BCUT2D eigenvalue weighted by molar-refractivity contribution is 6.32. The van der Waals surface area contributed by atoms with Crippen LogP contribution in [0.5, 0.6) is 5.75 Å². The van der Waals surface area contributed by atoms with E-state index < -0.39 is 5.82 Å². The highest BCUT2D eigenvalue weighted by Crippen LogP contribution is 2.34. The highest BCUT2D eigenvalue weighted by Gasteiger charge is 2.31. The Balaban J connectivity index is 1.83. The predicted octanol–water partition coefficient (Wildman–Crippen LogP) is 3.57. The van der Waals surface area contributed by atoms with Gasteiger partial charge in [0.15, 0.2) is 0 Å². The van der Waals surface area contributed by atoms with Crippen LogP contribution in [0.25, 0.3) is 0 Å². The van der Waals surface area contributed by atoms with Crippen molar-refractivity contribution in [3.8, 4) is 5.75 Å². The summed E-state index contributed by atoms with van der Waals surface area (Å²) in [5, 5.41) is 10.6. The molecule has 2 N–H and O–H groups in total. The van der Waals surface area contributed by atoms with Crippen LogP contribution in [0.2, 0.25) is 5.15 Å². The highest BCUT2D eigenvalue weighted by atomic mass is 35.5. The Kier molecular flexibility index (Phi) is 4.92. The molecule has 0 spiro atoms. The molecule has 0 atom stereocenters. The minimum absolute atomic E-state index is 0.0199. The van der Waals surface area contributed by atoms with Crippen molar-refractivity contribution in [3.63, 3.8) is 0 Å². The van der Waals surface area contributed by atoms with Gasteiger partial charge in [0.2, 0.25) is 0 Å². The third-order valence-electron chi connectivity index (χ3n) is 3.85. The molecule has 0 amide bonds. The largest absolute Gasteiger partial charge is 0.488 e. The molecule has 0 bridgehead atoms. The number of hydrogen-bond acceptors (Lipinski definition) is 6. The normalized spacial score (nSPS) is 19.5. The third-order valence-corrected chi connectivity index (χ3v) is 4.16. The summed E-state index contributed by atoms with van der Waals surface area (Å²) in [5.41, 5.74) is 0.882. The maximum atomic E-state index is 13.6. The van der Waals surface area contributed by atoms with E-state index in [4.69, 9.17) is 26.5 Å². The van der Waals surface area contributed by atoms with Gasteiger partial charge in [-0.2, -0.15) is 0 Å². The zero-order valence-electron chi connectivity index (χ0n) is 12.9. The van der Waals surface area contributed by atoms with Crippen LogP contribution in [-0.4, -0.2) is 35.5 Å². The van der Waals surface area contributed by atoms with Gasteiger partial charge in [0.1, 0.15) is 35.0 Å². The quantitative estimate of drug-likeness (QED) is 0.615. The Morgan fingerprint density at radius 2 is 2.12 bits per heavy atom. The van der Waals surface area contributed by atoms with Crippen LogP contribution in [-0.2, 0) is 4.74 Å². The molecular weight excluding hydrogens is 335 g/mol. The van der Waals surface area contributed by atoms with Crippen molar-refractivity contribution in [2.45, 2.75) is 25.0 Å². The molecule has 24 heavy (non-hydrogen) atoms. The SMILES string of the molecule is COC1CC(Oc2cc(F)ccc2Nc2ncnc(Cl)c2C=N)C1. The number of halogens is 2. The van der Waals surface area contributed by atoms with Gasteiger partial charge in [0.25, 0.3) is 0 Å². The number of ether oxygens (including phenoxy) is 2. The van der Waals surface area contributed by atoms with Crippen molar-refractivity contribution in [2.24, 2.45) is 0 Å². The summed E-state index contributed by atoms with van der Waals surface area (Å²) in [6.45, 7) is 0. The fourth-order valence-corrected chi connectivity index (χ4v) is 2.60. The fourth-order valence-electron chi connectivity index (χ4n) is 2.41. The molecule has 0 radical (unpaired) electrons. The number of methoxy groups -OCH3 is 1. The lowest BCUT2D eigenvalue weighted by molar-refractivity contribution is -0.0379. The van der Waals surface area contributed by atoms with E-state index in [2.05, 4.69) is 15.3 Å². The maximum absolute atomic E-state index is 13.6. The summed E-state index contributed by atoms with van der Waals surface area (Å²) in [6.07, 6.45) is 4.04. The zero-order chi connectivity index (χ0) is 17.1. The van der Waals surface area contributed by atoms with Crippen LogP contribution in [0.4, 0.5) is 15.9 Å². The third kappa shape index (κ3) is 3.47. The molecule has 1 aromatic carbocycles. The Labute approximate surface area is 143 Å². The van der Waals surface area contributed by atoms with Gasteiger partial charge < -0.3 is 20.2 Å². The van der Waals surface area contributed by atoms with E-state index in [1.54, 1.807) is 13.2 Å². The Hall–Kier alpha value is -2.25. The van der Waals surface area contributed by atoms with Gasteiger partial charge in [-0.1, -0.05) is 11.6 Å². The first-order chi connectivity index (χ1) is 11.6. The van der Waals surface area contributed by atoms with Crippen LogP contribution in [0.15, 0.2) is 24.5 Å². The number of hydrogen-bond donors (Lipinski definition) is 2. The maximum Gasteiger partial charge on any atom is 0.146 e. The molecule has 0 saturated heterocycles. The van der Waals surface area contributed by atoms with Crippen molar-refractivity contribution < 1.29 is 13.9 Å². The van der Waals surface area contributed by atoms with Crippen LogP contribution in [0.1, 0.15) is 18.4 Å². The summed E-state index contributed by atoms with van der Waals surface area (Å²) in [5.74, 6) is 0.330. The number of nitrogens with one attached hydrogen (secondary N) is 2. The monoisotopic (exact) mass is 350 g/mol. The van der Waals surface area contributed by atoms with Gasteiger partial charge in [-0.05, 0) is 12.1 Å². The second-order valence-corrected chi connectivity index (χ2v) is 5.76. The number of anilines is 2. The predicted molar refractivity (Wildman–Crippen MR) is 89.1 cm³/mol. The van der Waals surface area contributed by atoms with Crippen LogP contribution >= 0.6 is 11.6 Å². The van der Waals surface area contributed by atoms with Crippen LogP contribution in [0.3, 0.4) is 0 Å². The van der Waals surface area contributed by atoms with Gasteiger partial charge in [0, 0.05) is 32.2 Å². The van der Waals surface area contributed by atoms with Gasteiger partial charge >= 0.3 is 0 Å². The van der Waals surface area contributed by atoms with E-state index in [1.807, 2.05) is 0 Å². The molecule has 1 aliphatic rings. The minimum Gasteiger partial charge on any atom is -0.488 e. The molecule has 3 rings (SSSR count). The first-order valence-corrected chi connectivity index (χ1v) is 7.75. The van der Waals surface area contributed by atoms with E-state index >= 15 is 0 Å². The Bertz CT molecular complexity index is 753. The first-order valence-electron chi connectivity index (χ1n) is 7.37. The smallest absolute Gasteiger partial charge is 0.146 e. The molecule has 1 aromatic heterocycles. The number of nitrogens with zero attached hydrogens (tertiary/aromatic N) is 2. The van der Waals surface area contributed by atoms with E-state index in [-0.39, 0.29) is 17.4 Å². The van der Waals surface area contributed by atoms with Crippen molar-refractivity contribution in [1.82, 2.24) is 9.97 Å². The van der Waals surface area contributed by atoms with Crippen LogP contribution in [0, 0.1) is 11.2 Å². The second kappa shape index (κ2) is 7.11. The van der Waals surface area contributed by atoms with Gasteiger partial charge in [0.05, 0.1) is 17.4 Å². The summed E-state index contributed by atoms with van der Waals surface area (Å²) < 4.78 is 24.7. The molecule has 0 aliphatic heterocycles. The van der Waals surface area contributed by atoms with Crippen molar-refractivity contribution in [1.29, 1.82) is 5.41 Å². The summed E-state index contributed by atoms with van der Waals surface area (Å²) >= 11 is 5.96. The summed E-state index contributed by atoms with van der Waals surface area (Å²) in [4.78, 5) is 7.92. The second-order valence-electron chi connectivity index (χ2n) is 5.41. The van der Waals surface area contributed by atoms with E-state index in [0.29, 0.717) is 22.8 Å². The molecule has 1 heterocycles. The van der Waals surface area contributed by atoms with Gasteiger partial charge in [-0.15, -0.1) is 0 Å². The fraction of sp³-hybridized carbons (Fsp3) is 0.312. The lowest BCUT2D eigenvalue weighted by atomic mass is 9.92. The van der Waals surface area contributed by atoms with Crippen molar-refractivity contribution >= 4 is 29.3 Å². The first kappa shape index (κ1) is 16.6. The summed E-state index contributed by atoms with van der Waals surface area (Å²) in [7, 11) is 1.66. The molecule has 126 valence electrons. The van der Waals surface area contributed by atoms with E-state index in [1.165, 1.54) is 18.5 Å². The molecule has 1 fully saturated rings. The molecule has 1 saturated carbocycles. The Morgan fingerprint density at radius 3 is 2.83 bits per heavy atom. The lowest BCUT2D eigenvalue weighted by Crippen LogP contribution is -2.38. The zero-order valence-corrected chi connectivity index (χ0v) is 13.7. The topological polar surface area (TPSA) is 80.1 Å². The van der Waals surface area contributed by atoms with Gasteiger partial charge in [-0.3, -0.25) is 0 Å². The summed E-state index contributed by atoms with van der Waals surface area (Å²) in [6, 6.07) is 4.19. The standard InChI is InChI=1S/C16H16ClFN4O2/c1-23-10-5-11(6-10)24-14-4-9(18)2-3-13(14)22-16-12(7-19)15(17)20-8-21-16/h2-4,7-8,10-11,19H,5-6H2,1H3,(H,20,21,22). The van der Waals surface area contributed by atoms with Crippen molar-refractivity contribution in [3.05, 3.63) is 41.1 Å². The molecule has 2 aromatic rings. The number of rotatable bonds is 6. The lowest BCUT2D eigenvalue weighted by Gasteiger charge is -2.34. The number of benzene rings is 1. The average Bonchev–Trinajstić information content (AvgIpc) is 2.53. The minimum atomic E-state index is -0.397. The molecule has 1 aliphatic carbocycles. The molecule has 8 heteroatoms. The van der Waals surface area contributed by atoms with E-state index in [0.717, 1.165) is 19.1 Å². The van der Waals surface area contributed by atoms with E-state index in [9.17, 15) is 4.39 Å². The number of aromatic nitrogens is 2. The van der Waals surface area contributed by atoms with Crippen LogP contribution < -0.4 is 10.1 Å². The Morgan fingerprint density at radius 1 is 1.33 bits per heavy atom.